The summed E-state index contributed by atoms with van der Waals surface area (Å²) in [5, 5.41) is 0. The number of ketones is 1. The summed E-state index contributed by atoms with van der Waals surface area (Å²) in [6.07, 6.45) is -5.92. The molecule has 0 spiro atoms. The van der Waals surface area contributed by atoms with Crippen molar-refractivity contribution in [1.29, 1.82) is 0 Å². The van der Waals surface area contributed by atoms with Gasteiger partial charge in [-0.2, -0.15) is 26.3 Å². The maximum absolute atomic E-state index is 15.5. The number of halogens is 6. The lowest BCUT2D eigenvalue weighted by atomic mass is 9.72. The number of nitrogens with zero attached hydrogens (tertiary/aromatic N) is 2. The third-order valence-corrected chi connectivity index (χ3v) is 8.59. The summed E-state index contributed by atoms with van der Waals surface area (Å²) in [5.74, 6) is -0.0141. The highest BCUT2D eigenvalue weighted by Crippen LogP contribution is 2.58. The van der Waals surface area contributed by atoms with Gasteiger partial charge in [0.1, 0.15) is 11.5 Å². The van der Waals surface area contributed by atoms with Gasteiger partial charge in [-0.3, -0.25) is 4.79 Å². The molecule has 0 radical (unpaired) electrons. The lowest BCUT2D eigenvalue weighted by Gasteiger charge is -2.39. The van der Waals surface area contributed by atoms with Crippen LogP contribution in [0.1, 0.15) is 32.6 Å². The third kappa shape index (κ3) is 8.35. The van der Waals surface area contributed by atoms with Gasteiger partial charge in [0.2, 0.25) is 5.41 Å². The molecule has 11 heteroatoms. The van der Waals surface area contributed by atoms with Crippen LogP contribution in [0.25, 0.3) is 0 Å². The van der Waals surface area contributed by atoms with E-state index in [1.807, 2.05) is 19.1 Å². The minimum Gasteiger partial charge on any atom is -0.495 e. The molecule has 0 aliphatic rings. The van der Waals surface area contributed by atoms with Crippen molar-refractivity contribution < 1.29 is 40.6 Å². The van der Waals surface area contributed by atoms with Crippen molar-refractivity contribution in [2.24, 2.45) is 0 Å². The van der Waals surface area contributed by atoms with E-state index in [0.29, 0.717) is 11.1 Å². The molecule has 0 saturated heterocycles. The minimum atomic E-state index is -5.88. The van der Waals surface area contributed by atoms with Gasteiger partial charge in [0.15, 0.2) is 11.5 Å². The summed E-state index contributed by atoms with van der Waals surface area (Å²) in [4.78, 5) is 16.0. The van der Waals surface area contributed by atoms with Crippen molar-refractivity contribution in [3.05, 3.63) is 163 Å². The molecule has 4 aromatic carbocycles. The maximum Gasteiger partial charge on any atom is 0.411 e. The van der Waals surface area contributed by atoms with Crippen molar-refractivity contribution in [3.63, 3.8) is 0 Å². The molecule has 4 rings (SSSR count). The number of ether oxygens (including phenoxy) is 2. The van der Waals surface area contributed by atoms with Gasteiger partial charge >= 0.3 is 12.4 Å². The molecule has 0 saturated carbocycles. The lowest BCUT2D eigenvalue weighted by Crippen LogP contribution is -2.55. The predicted molar refractivity (Wildman–Crippen MR) is 199 cm³/mol. The van der Waals surface area contributed by atoms with Crippen LogP contribution in [0.4, 0.5) is 37.7 Å². The van der Waals surface area contributed by atoms with Crippen LogP contribution < -0.4 is 19.3 Å². The summed E-state index contributed by atoms with van der Waals surface area (Å²) in [6.45, 7) is 16.9. The molecule has 0 aromatic heterocycles. The first-order valence-corrected chi connectivity index (χ1v) is 16.5. The Morgan fingerprint density at radius 1 is 0.623 bits per heavy atom. The molecule has 0 fully saturated rings. The van der Waals surface area contributed by atoms with Crippen molar-refractivity contribution in [3.8, 4) is 17.2 Å². The summed E-state index contributed by atoms with van der Waals surface area (Å²) in [5.41, 5.74) is -4.91. The Hall–Kier alpha value is -5.71. The Morgan fingerprint density at radius 2 is 1.02 bits per heavy atom. The van der Waals surface area contributed by atoms with E-state index in [4.69, 9.17) is 9.47 Å². The highest BCUT2D eigenvalue weighted by molar-refractivity contribution is 6.09. The Bertz CT molecular complexity index is 1900. The molecule has 0 unspecified atom stereocenters. The van der Waals surface area contributed by atoms with Crippen LogP contribution in [0, 0.1) is 6.92 Å². The molecular weight excluding hydrogens is 694 g/mol. The summed E-state index contributed by atoms with van der Waals surface area (Å²) in [6, 6.07) is 18.5. The quantitative estimate of drug-likeness (QED) is 0.0614. The molecule has 0 aliphatic heterocycles. The molecule has 0 atom stereocenters. The molecule has 0 aliphatic carbocycles. The first-order valence-electron chi connectivity index (χ1n) is 16.5. The fourth-order valence-corrected chi connectivity index (χ4v) is 6.08. The molecule has 5 nitrogen and oxygen atoms in total. The fraction of sp³-hybridized carbons (Fsp3) is 0.214. The van der Waals surface area contributed by atoms with Crippen LogP contribution in [0.15, 0.2) is 136 Å². The SMILES string of the molecule is C=CCN(CC=C)c1cc(C(c2ccc(Oc3ccc(C(=O)c4ccc(C)cc4)cc3)c(N(CC=C)CC=C)c2)(C(F)(F)F)C(F)(F)F)ccc1OC. The summed E-state index contributed by atoms with van der Waals surface area (Å²) >= 11 is 0. The van der Waals surface area contributed by atoms with Crippen molar-refractivity contribution in [2.45, 2.75) is 24.7 Å². The number of benzene rings is 4. The predicted octanol–water partition coefficient (Wildman–Crippen LogP) is 10.8. The molecule has 0 N–H and O–H groups in total. The second-order valence-corrected chi connectivity index (χ2v) is 12.1. The van der Waals surface area contributed by atoms with Gasteiger partial charge in [0.05, 0.1) is 18.5 Å². The standard InChI is InChI=1S/C42H40F6N2O3/c1-7-23-49(24-8-2)35-27-32(17-21-37(35)52-6)40(41(43,44)45,42(46,47)48)33-18-22-38(36(28-33)50(25-9-3)26-10-4)53-34-19-15-31(16-20-34)39(51)30-13-11-29(5)12-14-30/h7-22,27-28H,1-4,23-26H2,5-6H3. The highest BCUT2D eigenvalue weighted by Gasteiger charge is 2.72. The van der Waals surface area contributed by atoms with Crippen molar-refractivity contribution >= 4 is 17.2 Å². The molecule has 0 bridgehead atoms. The van der Waals surface area contributed by atoms with Gasteiger partial charge in [0.25, 0.3) is 0 Å². The zero-order chi connectivity index (χ0) is 39.0. The normalized spacial score (nSPS) is 11.7. The van der Waals surface area contributed by atoms with Crippen LogP contribution in [-0.4, -0.2) is 51.4 Å². The van der Waals surface area contributed by atoms with E-state index in [1.165, 1.54) is 65.5 Å². The fourth-order valence-electron chi connectivity index (χ4n) is 6.08. The van der Waals surface area contributed by atoms with Crippen molar-refractivity contribution in [1.82, 2.24) is 0 Å². The van der Waals surface area contributed by atoms with Gasteiger partial charge in [-0.25, -0.2) is 0 Å². The van der Waals surface area contributed by atoms with E-state index in [9.17, 15) is 4.79 Å². The highest BCUT2D eigenvalue weighted by atomic mass is 19.4. The average molecular weight is 735 g/mol. The summed E-state index contributed by atoms with van der Waals surface area (Å²) < 4.78 is 104. The van der Waals surface area contributed by atoms with E-state index in [2.05, 4.69) is 26.3 Å². The average Bonchev–Trinajstić information content (AvgIpc) is 3.11. The molecule has 278 valence electrons. The number of alkyl halides is 6. The first-order chi connectivity index (χ1) is 25.2. The summed E-state index contributed by atoms with van der Waals surface area (Å²) in [7, 11) is 1.27. The number of carbonyl (C=O) groups excluding carboxylic acids is 1. The number of anilines is 2. The van der Waals surface area contributed by atoms with Gasteiger partial charge in [-0.15, -0.1) is 26.3 Å². The molecule has 53 heavy (non-hydrogen) atoms. The molecule has 0 amide bonds. The number of hydrogen-bond acceptors (Lipinski definition) is 5. The first kappa shape index (κ1) is 40.1. The van der Waals surface area contributed by atoms with Crippen LogP contribution in [0.3, 0.4) is 0 Å². The smallest absolute Gasteiger partial charge is 0.411 e. The minimum absolute atomic E-state index is 0.00731. The monoisotopic (exact) mass is 734 g/mol. The molecular formula is C42H40F6N2O3. The number of aryl methyl sites for hydroxylation is 1. The van der Waals surface area contributed by atoms with E-state index in [-0.39, 0.29) is 60.6 Å². The number of rotatable bonds is 17. The molecule has 4 aromatic rings. The van der Waals surface area contributed by atoms with Crippen LogP contribution in [0.5, 0.6) is 17.2 Å². The Labute approximate surface area is 305 Å². The van der Waals surface area contributed by atoms with Crippen LogP contribution >= 0.6 is 0 Å². The van der Waals surface area contributed by atoms with Gasteiger partial charge in [-0.05, 0) is 66.6 Å². The van der Waals surface area contributed by atoms with Gasteiger partial charge in [0, 0.05) is 37.3 Å². The maximum atomic E-state index is 15.5. The number of hydrogen-bond donors (Lipinski definition) is 0. The van der Waals surface area contributed by atoms with Gasteiger partial charge < -0.3 is 19.3 Å². The third-order valence-electron chi connectivity index (χ3n) is 8.59. The topological polar surface area (TPSA) is 42.0 Å². The van der Waals surface area contributed by atoms with E-state index in [1.54, 1.807) is 12.1 Å². The lowest BCUT2D eigenvalue weighted by molar-refractivity contribution is -0.288. The number of carbonyl (C=O) groups is 1. The van der Waals surface area contributed by atoms with Crippen LogP contribution in [-0.2, 0) is 5.41 Å². The Balaban J connectivity index is 1.92. The second-order valence-electron chi connectivity index (χ2n) is 12.1. The Kier molecular flexibility index (Phi) is 12.7. The zero-order valence-corrected chi connectivity index (χ0v) is 29.4. The second kappa shape index (κ2) is 16.8. The van der Waals surface area contributed by atoms with Gasteiger partial charge in [-0.1, -0.05) is 66.3 Å². The molecule has 0 heterocycles. The van der Waals surface area contributed by atoms with E-state index in [0.717, 1.165) is 42.0 Å². The largest absolute Gasteiger partial charge is 0.495 e. The van der Waals surface area contributed by atoms with Crippen LogP contribution in [0.2, 0.25) is 0 Å². The van der Waals surface area contributed by atoms with Crippen molar-refractivity contribution in [2.75, 3.05) is 43.1 Å². The zero-order valence-electron chi connectivity index (χ0n) is 29.4. The van der Waals surface area contributed by atoms with E-state index < -0.39 is 28.9 Å². The Morgan fingerprint density at radius 3 is 1.42 bits per heavy atom. The number of methoxy groups -OCH3 is 1. The van der Waals surface area contributed by atoms with E-state index >= 15 is 26.3 Å².